The highest BCUT2D eigenvalue weighted by atomic mass is 35.5. The molecule has 2 aromatic rings. The summed E-state index contributed by atoms with van der Waals surface area (Å²) in [5, 5.41) is 5.22. The van der Waals surface area contributed by atoms with Gasteiger partial charge in [0.05, 0.1) is 0 Å². The lowest BCUT2D eigenvalue weighted by atomic mass is 10.1. The van der Waals surface area contributed by atoms with E-state index in [1.54, 1.807) is 0 Å². The van der Waals surface area contributed by atoms with Crippen molar-refractivity contribution >= 4 is 39.7 Å². The topological polar surface area (TPSA) is 69.5 Å². The van der Waals surface area contributed by atoms with Crippen LogP contribution >= 0.6 is 23.2 Å². The highest BCUT2D eigenvalue weighted by Crippen LogP contribution is 2.28. The molecule has 92 valence electrons. The lowest BCUT2D eigenvalue weighted by Crippen LogP contribution is -2.33. The van der Waals surface area contributed by atoms with E-state index in [1.165, 1.54) is 0 Å². The molecule has 0 fully saturated rings. The molecule has 0 aliphatic rings. The van der Waals surface area contributed by atoms with Crippen LogP contribution in [0.1, 0.15) is 0 Å². The van der Waals surface area contributed by atoms with Crippen LogP contribution in [0.15, 0.2) is 42.5 Å². The minimum absolute atomic E-state index is 0. The molecule has 0 aliphatic carbocycles. The summed E-state index contributed by atoms with van der Waals surface area (Å²) in [6, 6.07) is 13.9. The Hall–Kier alpha value is -1.00. The van der Waals surface area contributed by atoms with Crippen molar-refractivity contribution in [1.29, 1.82) is 0 Å². The lowest BCUT2D eigenvalue weighted by molar-refractivity contribution is 0.824. The number of nitrogens with two attached hydrogens (primary N) is 1. The highest BCUT2D eigenvalue weighted by molar-refractivity contribution is 6.49. The van der Waals surface area contributed by atoms with Crippen molar-refractivity contribution in [3.8, 4) is 0 Å². The van der Waals surface area contributed by atoms with Crippen LogP contribution in [0.4, 0.5) is 5.69 Å². The second-order valence-electron chi connectivity index (χ2n) is 3.56. The van der Waals surface area contributed by atoms with Crippen molar-refractivity contribution in [3.63, 3.8) is 0 Å². The van der Waals surface area contributed by atoms with Crippen LogP contribution in [0.25, 0.3) is 10.8 Å². The average Bonchev–Trinajstić information content (AvgIpc) is 2.29. The van der Waals surface area contributed by atoms with Crippen LogP contribution in [0.5, 0.6) is 0 Å². The van der Waals surface area contributed by atoms with Crippen LogP contribution < -0.4 is 11.1 Å². The van der Waals surface area contributed by atoms with Crippen LogP contribution in [-0.4, -0.2) is 16.5 Å². The minimum atomic E-state index is -1.13. The molecule has 0 saturated carbocycles. The summed E-state index contributed by atoms with van der Waals surface area (Å²) in [4.78, 5) is 0. The fourth-order valence-corrected chi connectivity index (χ4v) is 1.79. The van der Waals surface area contributed by atoms with Crippen LogP contribution in [0.3, 0.4) is 0 Å². The van der Waals surface area contributed by atoms with Gasteiger partial charge in [-0.25, -0.2) is 0 Å². The van der Waals surface area contributed by atoms with Gasteiger partial charge in [0.15, 0.2) is 0 Å². The zero-order valence-electron chi connectivity index (χ0n) is 9.08. The SMILES string of the molecule is NCC(Cl)(Cl)Nc1cccc2ccccc12.O. The van der Waals surface area contributed by atoms with E-state index in [0.717, 1.165) is 16.5 Å². The van der Waals surface area contributed by atoms with Gasteiger partial charge in [0.25, 0.3) is 0 Å². The number of anilines is 1. The summed E-state index contributed by atoms with van der Waals surface area (Å²) in [5.41, 5.74) is 6.35. The number of halogens is 2. The van der Waals surface area contributed by atoms with E-state index in [2.05, 4.69) is 5.32 Å². The third-order valence-electron chi connectivity index (χ3n) is 2.36. The van der Waals surface area contributed by atoms with E-state index in [9.17, 15) is 0 Å². The largest absolute Gasteiger partial charge is 0.412 e. The normalized spacial score (nSPS) is 11.0. The molecule has 0 spiro atoms. The summed E-state index contributed by atoms with van der Waals surface area (Å²) in [6.45, 7) is 0.138. The summed E-state index contributed by atoms with van der Waals surface area (Å²) in [6.07, 6.45) is 0. The maximum Gasteiger partial charge on any atom is 0.200 e. The maximum absolute atomic E-state index is 5.98. The van der Waals surface area contributed by atoms with Crippen molar-refractivity contribution in [3.05, 3.63) is 42.5 Å². The molecule has 0 bridgehead atoms. The smallest absolute Gasteiger partial charge is 0.200 e. The number of alkyl halides is 2. The Morgan fingerprint density at radius 2 is 1.71 bits per heavy atom. The second kappa shape index (κ2) is 5.56. The Labute approximate surface area is 110 Å². The van der Waals surface area contributed by atoms with Crippen molar-refractivity contribution in [1.82, 2.24) is 0 Å². The second-order valence-corrected chi connectivity index (χ2v) is 5.04. The molecule has 0 aromatic heterocycles. The van der Waals surface area contributed by atoms with Crippen molar-refractivity contribution in [2.45, 2.75) is 4.46 Å². The number of fused-ring (bicyclic) bond motifs is 1. The third-order valence-corrected chi connectivity index (χ3v) is 2.86. The van der Waals surface area contributed by atoms with Crippen LogP contribution in [-0.2, 0) is 0 Å². The summed E-state index contributed by atoms with van der Waals surface area (Å²) in [5.74, 6) is 0. The standard InChI is InChI=1S/C12H12Cl2N2.H2O/c13-12(14,8-15)16-11-7-3-5-9-4-1-2-6-10(9)11;/h1-7,16H,8,15H2;1H2. The van der Waals surface area contributed by atoms with Gasteiger partial charge in [0.2, 0.25) is 4.46 Å². The zero-order chi connectivity index (χ0) is 11.6. The van der Waals surface area contributed by atoms with Gasteiger partial charge in [-0.1, -0.05) is 59.6 Å². The molecule has 5 heteroatoms. The molecule has 0 heterocycles. The Balaban J connectivity index is 0.00000144. The monoisotopic (exact) mass is 272 g/mol. The summed E-state index contributed by atoms with van der Waals surface area (Å²) >= 11 is 12.0. The predicted molar refractivity (Wildman–Crippen MR) is 74.7 cm³/mol. The maximum atomic E-state index is 5.98. The molecule has 5 N–H and O–H groups in total. The highest BCUT2D eigenvalue weighted by Gasteiger charge is 2.21. The first-order chi connectivity index (χ1) is 7.62. The van der Waals surface area contributed by atoms with E-state index in [4.69, 9.17) is 28.9 Å². The number of rotatable bonds is 3. The Bertz CT molecular complexity index is 497. The molecule has 2 aromatic carbocycles. The first-order valence-electron chi connectivity index (χ1n) is 4.96. The molecule has 0 saturated heterocycles. The number of benzene rings is 2. The van der Waals surface area contributed by atoms with E-state index in [0.29, 0.717) is 0 Å². The molecule has 0 amide bonds. The van der Waals surface area contributed by atoms with Gasteiger partial charge in [-0.15, -0.1) is 0 Å². The molecule has 0 aliphatic heterocycles. The lowest BCUT2D eigenvalue weighted by Gasteiger charge is -2.21. The van der Waals surface area contributed by atoms with Gasteiger partial charge in [-0.3, -0.25) is 0 Å². The molecule has 0 atom stereocenters. The molecular weight excluding hydrogens is 259 g/mol. The molecule has 3 nitrogen and oxygen atoms in total. The Kier molecular flexibility index (Phi) is 4.60. The Morgan fingerprint density at radius 3 is 2.41 bits per heavy atom. The minimum Gasteiger partial charge on any atom is -0.412 e. The molecular formula is C12H14Cl2N2O. The van der Waals surface area contributed by atoms with Crippen molar-refractivity contribution < 1.29 is 5.48 Å². The summed E-state index contributed by atoms with van der Waals surface area (Å²) < 4.78 is -1.13. The van der Waals surface area contributed by atoms with Gasteiger partial charge in [0, 0.05) is 17.6 Å². The van der Waals surface area contributed by atoms with Gasteiger partial charge < -0.3 is 16.5 Å². The summed E-state index contributed by atoms with van der Waals surface area (Å²) in [7, 11) is 0. The van der Waals surface area contributed by atoms with Crippen molar-refractivity contribution in [2.24, 2.45) is 5.73 Å². The third kappa shape index (κ3) is 3.23. The van der Waals surface area contributed by atoms with Gasteiger partial charge >= 0.3 is 0 Å². The molecule has 0 unspecified atom stereocenters. The van der Waals surface area contributed by atoms with Gasteiger partial charge in [-0.2, -0.15) is 0 Å². The average molecular weight is 273 g/mol. The zero-order valence-corrected chi connectivity index (χ0v) is 10.6. The first-order valence-corrected chi connectivity index (χ1v) is 5.72. The molecule has 0 radical (unpaired) electrons. The van der Waals surface area contributed by atoms with E-state index >= 15 is 0 Å². The van der Waals surface area contributed by atoms with E-state index < -0.39 is 4.46 Å². The number of hydrogen-bond donors (Lipinski definition) is 2. The molecule has 2 rings (SSSR count). The Morgan fingerprint density at radius 1 is 1.06 bits per heavy atom. The van der Waals surface area contributed by atoms with E-state index in [-0.39, 0.29) is 12.0 Å². The van der Waals surface area contributed by atoms with Crippen LogP contribution in [0, 0.1) is 0 Å². The predicted octanol–water partition coefficient (Wildman–Crippen LogP) is 2.52. The quantitative estimate of drug-likeness (QED) is 0.666. The molecule has 17 heavy (non-hydrogen) atoms. The van der Waals surface area contributed by atoms with Gasteiger partial charge in [-0.05, 0) is 11.5 Å². The van der Waals surface area contributed by atoms with Gasteiger partial charge in [0.1, 0.15) is 0 Å². The number of hydrogen-bond acceptors (Lipinski definition) is 2. The fourth-order valence-electron chi connectivity index (χ4n) is 1.58. The first kappa shape index (κ1) is 14.1. The van der Waals surface area contributed by atoms with Crippen LogP contribution in [0.2, 0.25) is 0 Å². The number of nitrogens with one attached hydrogen (secondary N) is 1. The van der Waals surface area contributed by atoms with Crippen molar-refractivity contribution in [2.75, 3.05) is 11.9 Å². The fraction of sp³-hybridized carbons (Fsp3) is 0.167. The van der Waals surface area contributed by atoms with E-state index in [1.807, 2.05) is 42.5 Å².